The Morgan fingerprint density at radius 1 is 1.35 bits per heavy atom. The fourth-order valence-electron chi connectivity index (χ4n) is 2.23. The summed E-state index contributed by atoms with van der Waals surface area (Å²) in [4.78, 5) is 0. The molecule has 0 saturated heterocycles. The Labute approximate surface area is 126 Å². The molecule has 1 aliphatic heterocycles. The molecule has 0 atom stereocenters. The number of rotatable bonds is 4. The molecule has 0 bridgehead atoms. The Morgan fingerprint density at radius 3 is 2.85 bits per heavy atom. The molecule has 1 aromatic carbocycles. The summed E-state index contributed by atoms with van der Waals surface area (Å²) in [5.74, 6) is 1.59. The summed E-state index contributed by atoms with van der Waals surface area (Å²) < 4.78 is 13.6. The van der Waals surface area contributed by atoms with Gasteiger partial charge >= 0.3 is 0 Å². The van der Waals surface area contributed by atoms with Gasteiger partial charge in [0.1, 0.15) is 0 Å². The lowest BCUT2D eigenvalue weighted by atomic mass is 10.2. The van der Waals surface area contributed by atoms with E-state index in [2.05, 4.69) is 33.3 Å². The predicted molar refractivity (Wildman–Crippen MR) is 80.2 cm³/mol. The van der Waals surface area contributed by atoms with Crippen LogP contribution in [-0.4, -0.2) is 16.6 Å². The Hall–Kier alpha value is -1.69. The van der Waals surface area contributed by atoms with E-state index in [1.807, 2.05) is 30.1 Å². The third-order valence-corrected chi connectivity index (χ3v) is 3.99. The van der Waals surface area contributed by atoms with Gasteiger partial charge in [-0.2, -0.15) is 5.10 Å². The molecule has 106 valence electrons. The zero-order valence-electron chi connectivity index (χ0n) is 11.4. The molecule has 0 amide bonds. The van der Waals surface area contributed by atoms with Crippen molar-refractivity contribution in [2.75, 3.05) is 12.1 Å². The molecule has 1 N–H and O–H groups in total. The average molecular weight is 338 g/mol. The second-order valence-corrected chi connectivity index (χ2v) is 5.52. The lowest BCUT2D eigenvalue weighted by molar-refractivity contribution is 0.174. The molecule has 2 aromatic rings. The van der Waals surface area contributed by atoms with E-state index < -0.39 is 0 Å². The van der Waals surface area contributed by atoms with E-state index in [1.54, 1.807) is 0 Å². The first-order valence-electron chi connectivity index (χ1n) is 6.51. The van der Waals surface area contributed by atoms with Crippen LogP contribution in [0.4, 0.5) is 5.69 Å². The molecule has 0 saturated carbocycles. The zero-order chi connectivity index (χ0) is 14.1. The van der Waals surface area contributed by atoms with Crippen molar-refractivity contribution in [1.29, 1.82) is 0 Å². The number of aryl methyl sites for hydroxylation is 2. The maximum Gasteiger partial charge on any atom is 0.231 e. The van der Waals surface area contributed by atoms with Gasteiger partial charge in [0.15, 0.2) is 11.5 Å². The third-order valence-electron chi connectivity index (χ3n) is 3.25. The van der Waals surface area contributed by atoms with E-state index in [0.29, 0.717) is 13.3 Å². The second kappa shape index (κ2) is 5.36. The van der Waals surface area contributed by atoms with Crippen LogP contribution in [0.1, 0.15) is 18.2 Å². The van der Waals surface area contributed by atoms with Crippen molar-refractivity contribution in [2.45, 2.75) is 19.9 Å². The molecule has 0 radical (unpaired) electrons. The number of hydrogen-bond acceptors (Lipinski definition) is 4. The third kappa shape index (κ3) is 2.47. The van der Waals surface area contributed by atoms with Gasteiger partial charge in [0.25, 0.3) is 0 Å². The molecule has 0 aliphatic carbocycles. The molecule has 1 aromatic heterocycles. The molecule has 3 rings (SSSR count). The highest BCUT2D eigenvalue weighted by Gasteiger charge is 2.16. The summed E-state index contributed by atoms with van der Waals surface area (Å²) in [6.07, 6.45) is 2.91. The van der Waals surface area contributed by atoms with Crippen LogP contribution in [0, 0.1) is 0 Å². The minimum absolute atomic E-state index is 0.293. The number of anilines is 1. The van der Waals surface area contributed by atoms with Gasteiger partial charge in [-0.25, -0.2) is 0 Å². The molecule has 0 unspecified atom stereocenters. The van der Waals surface area contributed by atoms with Gasteiger partial charge in [-0.05, 0) is 24.1 Å². The topological polar surface area (TPSA) is 48.3 Å². The number of nitrogens with zero attached hydrogens (tertiary/aromatic N) is 2. The smallest absolute Gasteiger partial charge is 0.231 e. The zero-order valence-corrected chi connectivity index (χ0v) is 13.0. The van der Waals surface area contributed by atoms with Gasteiger partial charge in [0.05, 0.1) is 11.4 Å². The van der Waals surface area contributed by atoms with Gasteiger partial charge in [0.2, 0.25) is 6.79 Å². The van der Waals surface area contributed by atoms with Gasteiger partial charge in [0, 0.05) is 24.3 Å². The minimum atomic E-state index is 0.293. The summed E-state index contributed by atoms with van der Waals surface area (Å²) >= 11 is 3.57. The van der Waals surface area contributed by atoms with Crippen molar-refractivity contribution in [3.63, 3.8) is 0 Å². The standard InChI is InChI=1S/C14H16BrN3O2/c1-3-11-12(7-18(2)17-11)16-6-9-4-13-14(5-10(9)15)20-8-19-13/h4-5,7,16H,3,6,8H2,1-2H3. The monoisotopic (exact) mass is 337 g/mol. The fraction of sp³-hybridized carbons (Fsp3) is 0.357. The van der Waals surface area contributed by atoms with Crippen molar-refractivity contribution in [2.24, 2.45) is 7.05 Å². The number of benzene rings is 1. The van der Waals surface area contributed by atoms with Crippen LogP contribution in [0.2, 0.25) is 0 Å². The van der Waals surface area contributed by atoms with Crippen LogP contribution < -0.4 is 14.8 Å². The second-order valence-electron chi connectivity index (χ2n) is 4.67. The molecular weight excluding hydrogens is 322 g/mol. The van der Waals surface area contributed by atoms with Crippen molar-refractivity contribution >= 4 is 21.6 Å². The summed E-state index contributed by atoms with van der Waals surface area (Å²) in [5, 5.41) is 7.84. The molecule has 1 aliphatic rings. The highest BCUT2D eigenvalue weighted by atomic mass is 79.9. The lowest BCUT2D eigenvalue weighted by Crippen LogP contribution is -2.01. The number of ether oxygens (including phenoxy) is 2. The first kappa shape index (κ1) is 13.3. The molecule has 6 heteroatoms. The molecule has 0 spiro atoms. The van der Waals surface area contributed by atoms with Crippen molar-refractivity contribution in [3.8, 4) is 11.5 Å². The lowest BCUT2D eigenvalue weighted by Gasteiger charge is -2.09. The van der Waals surface area contributed by atoms with E-state index in [9.17, 15) is 0 Å². The highest BCUT2D eigenvalue weighted by molar-refractivity contribution is 9.10. The van der Waals surface area contributed by atoms with Crippen LogP contribution in [0.15, 0.2) is 22.8 Å². The van der Waals surface area contributed by atoms with Gasteiger partial charge in [-0.3, -0.25) is 4.68 Å². The number of fused-ring (bicyclic) bond motifs is 1. The van der Waals surface area contributed by atoms with Gasteiger partial charge in [-0.15, -0.1) is 0 Å². The summed E-state index contributed by atoms with van der Waals surface area (Å²) in [6, 6.07) is 3.95. The first-order valence-corrected chi connectivity index (χ1v) is 7.31. The van der Waals surface area contributed by atoms with E-state index in [1.165, 1.54) is 0 Å². The fourth-order valence-corrected chi connectivity index (χ4v) is 2.69. The Bertz CT molecular complexity index is 640. The SMILES string of the molecule is CCc1nn(C)cc1NCc1cc2c(cc1Br)OCO2. The Morgan fingerprint density at radius 2 is 2.10 bits per heavy atom. The van der Waals surface area contributed by atoms with Crippen molar-refractivity contribution in [3.05, 3.63) is 34.1 Å². The number of nitrogens with one attached hydrogen (secondary N) is 1. The molecule has 5 nitrogen and oxygen atoms in total. The Balaban J connectivity index is 1.78. The largest absolute Gasteiger partial charge is 0.454 e. The van der Waals surface area contributed by atoms with Crippen molar-refractivity contribution in [1.82, 2.24) is 9.78 Å². The van der Waals surface area contributed by atoms with Crippen LogP contribution in [0.5, 0.6) is 11.5 Å². The molecule has 0 fully saturated rings. The number of aromatic nitrogens is 2. The first-order chi connectivity index (χ1) is 9.67. The van der Waals surface area contributed by atoms with Crippen LogP contribution >= 0.6 is 15.9 Å². The van der Waals surface area contributed by atoms with E-state index >= 15 is 0 Å². The molecular formula is C14H16BrN3O2. The quantitative estimate of drug-likeness (QED) is 0.931. The number of halogens is 1. The van der Waals surface area contributed by atoms with Gasteiger partial charge in [-0.1, -0.05) is 22.9 Å². The van der Waals surface area contributed by atoms with Gasteiger partial charge < -0.3 is 14.8 Å². The maximum atomic E-state index is 5.41. The summed E-state index contributed by atoms with van der Waals surface area (Å²) in [7, 11) is 1.93. The average Bonchev–Trinajstić information content (AvgIpc) is 3.01. The number of hydrogen-bond donors (Lipinski definition) is 1. The molecule has 20 heavy (non-hydrogen) atoms. The van der Waals surface area contributed by atoms with Crippen molar-refractivity contribution < 1.29 is 9.47 Å². The minimum Gasteiger partial charge on any atom is -0.454 e. The summed E-state index contributed by atoms with van der Waals surface area (Å²) in [5.41, 5.74) is 3.27. The van der Waals surface area contributed by atoms with Crippen LogP contribution in [-0.2, 0) is 20.0 Å². The summed E-state index contributed by atoms with van der Waals surface area (Å²) in [6.45, 7) is 3.10. The van der Waals surface area contributed by atoms with E-state index in [-0.39, 0.29) is 0 Å². The Kier molecular flexibility index (Phi) is 3.56. The maximum absolute atomic E-state index is 5.41. The van der Waals surface area contributed by atoms with E-state index in [0.717, 1.165) is 39.3 Å². The highest BCUT2D eigenvalue weighted by Crippen LogP contribution is 2.37. The van der Waals surface area contributed by atoms with E-state index in [4.69, 9.17) is 9.47 Å². The van der Waals surface area contributed by atoms with Crippen LogP contribution in [0.3, 0.4) is 0 Å². The normalized spacial score (nSPS) is 12.8. The predicted octanol–water partition coefficient (Wildman–Crippen LogP) is 3.09. The molecule has 2 heterocycles. The van der Waals surface area contributed by atoms with Crippen LogP contribution in [0.25, 0.3) is 0 Å².